The summed E-state index contributed by atoms with van der Waals surface area (Å²) in [5.74, 6) is 0.168. The van der Waals surface area contributed by atoms with Gasteiger partial charge < -0.3 is 5.32 Å². The maximum atomic E-state index is 13.5. The number of aryl methyl sites for hydroxylation is 3. The summed E-state index contributed by atoms with van der Waals surface area (Å²) in [4.78, 5) is 32.5. The molecule has 7 heteroatoms. The molecule has 1 aromatic carbocycles. The number of nitrogens with zero attached hydrogens (tertiary/aromatic N) is 2. The van der Waals surface area contributed by atoms with Gasteiger partial charge in [-0.15, -0.1) is 11.3 Å². The Morgan fingerprint density at radius 3 is 2.66 bits per heavy atom. The van der Waals surface area contributed by atoms with Crippen LogP contribution >= 0.6 is 23.1 Å². The molecule has 1 atom stereocenters. The van der Waals surface area contributed by atoms with Crippen molar-refractivity contribution in [2.45, 2.75) is 59.2 Å². The molecular weight excluding hydrogens is 402 g/mol. The number of aromatic nitrogens is 2. The zero-order chi connectivity index (χ0) is 21.3. The van der Waals surface area contributed by atoms with E-state index in [9.17, 15) is 9.59 Å². The molecule has 3 rings (SSSR count). The van der Waals surface area contributed by atoms with Crippen LogP contribution in [0.25, 0.3) is 15.9 Å². The first-order valence-corrected chi connectivity index (χ1v) is 11.6. The van der Waals surface area contributed by atoms with E-state index in [0.29, 0.717) is 10.5 Å². The Bertz CT molecular complexity index is 1130. The molecule has 2 heterocycles. The Balaban J connectivity index is 2.14. The topological polar surface area (TPSA) is 64.0 Å². The third-order valence-electron chi connectivity index (χ3n) is 5.34. The minimum Gasteiger partial charge on any atom is -0.353 e. The number of amides is 1. The summed E-state index contributed by atoms with van der Waals surface area (Å²) < 4.78 is 1.67. The fourth-order valence-electron chi connectivity index (χ4n) is 3.11. The molecule has 1 amide bonds. The van der Waals surface area contributed by atoms with Crippen LogP contribution in [0.2, 0.25) is 0 Å². The molecule has 1 unspecified atom stereocenters. The fraction of sp³-hybridized carbons (Fsp3) is 0.409. The van der Waals surface area contributed by atoms with Crippen LogP contribution in [0.1, 0.15) is 41.8 Å². The molecule has 2 aromatic heterocycles. The summed E-state index contributed by atoms with van der Waals surface area (Å²) >= 11 is 2.84. The SMILES string of the molecule is CCC(C)NC(=O)CSc1nc2sc(C)c(C)c2c(=O)n1-c1cccc(C)c1C. The number of benzene rings is 1. The predicted octanol–water partition coefficient (Wildman–Crippen LogP) is 4.69. The minimum atomic E-state index is -0.0737. The van der Waals surface area contributed by atoms with Crippen molar-refractivity contribution in [1.82, 2.24) is 14.9 Å². The Hall–Kier alpha value is -2.12. The van der Waals surface area contributed by atoms with Crippen molar-refractivity contribution in [2.75, 3.05) is 5.75 Å². The summed E-state index contributed by atoms with van der Waals surface area (Å²) in [5, 5.41) is 4.19. The van der Waals surface area contributed by atoms with Gasteiger partial charge in [-0.3, -0.25) is 14.2 Å². The number of fused-ring (bicyclic) bond motifs is 1. The van der Waals surface area contributed by atoms with Gasteiger partial charge in [0.1, 0.15) is 4.83 Å². The van der Waals surface area contributed by atoms with Gasteiger partial charge in [-0.25, -0.2) is 4.98 Å². The van der Waals surface area contributed by atoms with E-state index in [1.165, 1.54) is 23.1 Å². The highest BCUT2D eigenvalue weighted by Gasteiger charge is 2.20. The molecule has 1 N–H and O–H groups in total. The van der Waals surface area contributed by atoms with Crippen molar-refractivity contribution in [1.29, 1.82) is 0 Å². The van der Waals surface area contributed by atoms with Crippen LogP contribution in [0.5, 0.6) is 0 Å². The molecular formula is C22H27N3O2S2. The van der Waals surface area contributed by atoms with Gasteiger partial charge >= 0.3 is 0 Å². The Morgan fingerprint density at radius 2 is 1.97 bits per heavy atom. The molecule has 3 aromatic rings. The molecule has 0 aliphatic carbocycles. The Kier molecular flexibility index (Phi) is 6.49. The molecule has 154 valence electrons. The predicted molar refractivity (Wildman–Crippen MR) is 123 cm³/mol. The maximum absolute atomic E-state index is 13.5. The fourth-order valence-corrected chi connectivity index (χ4v) is 5.00. The van der Waals surface area contributed by atoms with E-state index in [4.69, 9.17) is 4.98 Å². The number of thiophene rings is 1. The first-order valence-electron chi connectivity index (χ1n) is 9.76. The number of carbonyl (C=O) groups excluding carboxylic acids is 1. The van der Waals surface area contributed by atoms with Crippen LogP contribution in [-0.2, 0) is 4.79 Å². The van der Waals surface area contributed by atoms with E-state index in [0.717, 1.165) is 38.5 Å². The average molecular weight is 430 g/mol. The third-order valence-corrected chi connectivity index (χ3v) is 7.38. The molecule has 0 spiro atoms. The second-order valence-corrected chi connectivity index (χ2v) is 9.53. The van der Waals surface area contributed by atoms with E-state index in [-0.39, 0.29) is 23.3 Å². The molecule has 0 saturated carbocycles. The van der Waals surface area contributed by atoms with Crippen molar-refractivity contribution in [3.8, 4) is 5.69 Å². The van der Waals surface area contributed by atoms with Gasteiger partial charge in [0.25, 0.3) is 5.56 Å². The third kappa shape index (κ3) is 4.26. The summed E-state index contributed by atoms with van der Waals surface area (Å²) in [6, 6.07) is 6.05. The smallest absolute Gasteiger partial charge is 0.267 e. The molecule has 0 aliphatic rings. The van der Waals surface area contributed by atoms with Crippen LogP contribution in [0.4, 0.5) is 0 Å². The largest absolute Gasteiger partial charge is 0.353 e. The highest BCUT2D eigenvalue weighted by Crippen LogP contribution is 2.30. The lowest BCUT2D eigenvalue weighted by Gasteiger charge is -2.16. The lowest BCUT2D eigenvalue weighted by atomic mass is 10.1. The van der Waals surface area contributed by atoms with Crippen molar-refractivity contribution in [3.05, 3.63) is 50.1 Å². The number of nitrogens with one attached hydrogen (secondary N) is 1. The molecule has 0 aliphatic heterocycles. The highest BCUT2D eigenvalue weighted by molar-refractivity contribution is 7.99. The van der Waals surface area contributed by atoms with Gasteiger partial charge in [0.15, 0.2) is 5.16 Å². The van der Waals surface area contributed by atoms with Gasteiger partial charge in [-0.05, 0) is 63.8 Å². The number of rotatable bonds is 6. The van der Waals surface area contributed by atoms with Crippen LogP contribution in [0, 0.1) is 27.7 Å². The van der Waals surface area contributed by atoms with Gasteiger partial charge in [0, 0.05) is 10.9 Å². The first-order chi connectivity index (χ1) is 13.7. The summed E-state index contributed by atoms with van der Waals surface area (Å²) in [5.41, 5.74) is 3.87. The van der Waals surface area contributed by atoms with E-state index in [2.05, 4.69) is 5.32 Å². The monoisotopic (exact) mass is 429 g/mol. The van der Waals surface area contributed by atoms with Crippen molar-refractivity contribution < 1.29 is 4.79 Å². The Labute approximate surface area is 179 Å². The zero-order valence-electron chi connectivity index (χ0n) is 17.8. The lowest BCUT2D eigenvalue weighted by molar-refractivity contribution is -0.119. The highest BCUT2D eigenvalue weighted by atomic mass is 32.2. The summed E-state index contributed by atoms with van der Waals surface area (Å²) in [6.45, 7) is 12.0. The summed E-state index contributed by atoms with van der Waals surface area (Å²) in [6.07, 6.45) is 0.877. The zero-order valence-corrected chi connectivity index (χ0v) is 19.4. The molecule has 0 saturated heterocycles. The maximum Gasteiger partial charge on any atom is 0.267 e. The van der Waals surface area contributed by atoms with Crippen molar-refractivity contribution in [2.24, 2.45) is 0 Å². The van der Waals surface area contributed by atoms with Gasteiger partial charge in [0.05, 0.1) is 16.8 Å². The van der Waals surface area contributed by atoms with Crippen molar-refractivity contribution in [3.63, 3.8) is 0 Å². The number of carbonyl (C=O) groups is 1. The standard InChI is InChI=1S/C22H27N3O2S2/c1-7-13(3)23-18(26)11-28-22-24-20-19(15(5)16(6)29-20)21(27)25(22)17-10-8-9-12(2)14(17)4/h8-10,13H,7,11H2,1-6H3,(H,23,26). The summed E-state index contributed by atoms with van der Waals surface area (Å²) in [7, 11) is 0. The van der Waals surface area contributed by atoms with Crippen LogP contribution in [0.15, 0.2) is 28.2 Å². The molecule has 0 bridgehead atoms. The van der Waals surface area contributed by atoms with E-state index < -0.39 is 0 Å². The van der Waals surface area contributed by atoms with Gasteiger partial charge in [0.2, 0.25) is 5.91 Å². The van der Waals surface area contributed by atoms with Crippen LogP contribution in [0.3, 0.4) is 0 Å². The van der Waals surface area contributed by atoms with Gasteiger partial charge in [-0.1, -0.05) is 30.8 Å². The second-order valence-electron chi connectivity index (χ2n) is 7.38. The Morgan fingerprint density at radius 1 is 1.24 bits per heavy atom. The number of thioether (sulfide) groups is 1. The normalized spacial score (nSPS) is 12.3. The van der Waals surface area contributed by atoms with Crippen LogP contribution < -0.4 is 10.9 Å². The quantitative estimate of drug-likeness (QED) is 0.456. The second kappa shape index (κ2) is 8.71. The molecule has 0 radical (unpaired) electrons. The van der Waals surface area contributed by atoms with Crippen LogP contribution in [-0.4, -0.2) is 27.3 Å². The molecule has 0 fully saturated rings. The van der Waals surface area contributed by atoms with Crippen molar-refractivity contribution >= 4 is 39.2 Å². The molecule has 5 nitrogen and oxygen atoms in total. The first kappa shape index (κ1) is 21.6. The minimum absolute atomic E-state index is 0.0512. The lowest BCUT2D eigenvalue weighted by Crippen LogP contribution is -2.33. The number of hydrogen-bond donors (Lipinski definition) is 1. The average Bonchev–Trinajstić information content (AvgIpc) is 2.96. The van der Waals surface area contributed by atoms with Gasteiger partial charge in [-0.2, -0.15) is 0 Å². The van der Waals surface area contributed by atoms with E-state index in [1.807, 2.05) is 59.7 Å². The van der Waals surface area contributed by atoms with E-state index in [1.54, 1.807) is 4.57 Å². The molecule has 29 heavy (non-hydrogen) atoms. The number of hydrogen-bond acceptors (Lipinski definition) is 5. The van der Waals surface area contributed by atoms with E-state index >= 15 is 0 Å².